The second kappa shape index (κ2) is 8.40. The standard InChI is InChI=1S/C17H29N3O5/c1-17(2,3)24-16(23)20-11-9-19(10-12-20)15(22)18-25-14(21)13-7-5-4-6-8-13/h13H,4-12H2,1-3H3,(H,18,22). The first kappa shape index (κ1) is 19.3. The normalized spacial score (nSPS) is 19.3. The Morgan fingerprint density at radius 3 is 2.04 bits per heavy atom. The third-order valence-corrected chi connectivity index (χ3v) is 4.40. The highest BCUT2D eigenvalue weighted by Gasteiger charge is 2.29. The molecule has 3 amide bonds. The van der Waals surface area contributed by atoms with Crippen LogP contribution < -0.4 is 5.48 Å². The Morgan fingerprint density at radius 2 is 1.48 bits per heavy atom. The number of piperazine rings is 1. The fourth-order valence-electron chi connectivity index (χ4n) is 3.00. The van der Waals surface area contributed by atoms with Gasteiger partial charge >= 0.3 is 18.1 Å². The Labute approximate surface area is 148 Å². The molecule has 8 heteroatoms. The molecular formula is C17H29N3O5. The van der Waals surface area contributed by atoms with E-state index < -0.39 is 11.6 Å². The fraction of sp³-hybridized carbons (Fsp3) is 0.824. The van der Waals surface area contributed by atoms with Gasteiger partial charge in [-0.2, -0.15) is 5.48 Å². The van der Waals surface area contributed by atoms with Crippen molar-refractivity contribution in [3.8, 4) is 0 Å². The molecule has 1 heterocycles. The summed E-state index contributed by atoms with van der Waals surface area (Å²) in [6.07, 6.45) is 4.47. The minimum absolute atomic E-state index is 0.113. The van der Waals surface area contributed by atoms with E-state index in [2.05, 4.69) is 5.48 Å². The molecule has 0 unspecified atom stereocenters. The molecule has 2 rings (SSSR count). The number of ether oxygens (including phenoxy) is 1. The van der Waals surface area contributed by atoms with Crippen LogP contribution in [0.1, 0.15) is 52.9 Å². The number of carbonyl (C=O) groups is 3. The summed E-state index contributed by atoms with van der Waals surface area (Å²) in [5, 5.41) is 0. The first-order valence-electron chi connectivity index (χ1n) is 9.00. The SMILES string of the molecule is CC(C)(C)OC(=O)N1CCN(C(=O)NOC(=O)C2CCCCC2)CC1. The lowest BCUT2D eigenvalue weighted by molar-refractivity contribution is -0.155. The van der Waals surface area contributed by atoms with Crippen LogP contribution >= 0.6 is 0 Å². The Morgan fingerprint density at radius 1 is 0.920 bits per heavy atom. The summed E-state index contributed by atoms with van der Waals surface area (Å²) >= 11 is 0. The van der Waals surface area contributed by atoms with E-state index in [1.54, 1.807) is 4.90 Å². The van der Waals surface area contributed by atoms with E-state index in [1.165, 1.54) is 4.90 Å². The van der Waals surface area contributed by atoms with Gasteiger partial charge in [-0.15, -0.1) is 0 Å². The van der Waals surface area contributed by atoms with E-state index in [9.17, 15) is 14.4 Å². The zero-order chi connectivity index (χ0) is 18.4. The monoisotopic (exact) mass is 355 g/mol. The van der Waals surface area contributed by atoms with E-state index >= 15 is 0 Å². The summed E-state index contributed by atoms with van der Waals surface area (Å²) in [5.41, 5.74) is 1.69. The number of nitrogens with zero attached hydrogens (tertiary/aromatic N) is 2. The maximum atomic E-state index is 12.1. The molecule has 0 spiro atoms. The number of rotatable bonds is 1. The molecule has 142 valence electrons. The van der Waals surface area contributed by atoms with Crippen LogP contribution in [0.15, 0.2) is 0 Å². The first-order valence-corrected chi connectivity index (χ1v) is 9.00. The molecule has 1 aliphatic heterocycles. The van der Waals surface area contributed by atoms with Crippen molar-refractivity contribution in [2.24, 2.45) is 5.92 Å². The number of hydrogen-bond donors (Lipinski definition) is 1. The average molecular weight is 355 g/mol. The van der Waals surface area contributed by atoms with Crippen molar-refractivity contribution < 1.29 is 24.0 Å². The number of hydrogen-bond acceptors (Lipinski definition) is 5. The van der Waals surface area contributed by atoms with E-state index in [-0.39, 0.29) is 18.0 Å². The van der Waals surface area contributed by atoms with Crippen LogP contribution in [0, 0.1) is 5.92 Å². The molecule has 1 saturated heterocycles. The van der Waals surface area contributed by atoms with E-state index in [1.807, 2.05) is 20.8 Å². The Bertz CT molecular complexity index is 489. The molecule has 0 bridgehead atoms. The molecule has 1 N–H and O–H groups in total. The lowest BCUT2D eigenvalue weighted by Gasteiger charge is -2.35. The van der Waals surface area contributed by atoms with Crippen molar-refractivity contribution in [3.63, 3.8) is 0 Å². The highest BCUT2D eigenvalue weighted by molar-refractivity contribution is 5.78. The van der Waals surface area contributed by atoms with Crippen LogP contribution in [0.5, 0.6) is 0 Å². The molecule has 0 aromatic carbocycles. The number of urea groups is 1. The summed E-state index contributed by atoms with van der Waals surface area (Å²) in [5.74, 6) is -0.474. The van der Waals surface area contributed by atoms with Gasteiger partial charge < -0.3 is 19.4 Å². The number of amides is 3. The van der Waals surface area contributed by atoms with Gasteiger partial charge in [0.1, 0.15) is 5.60 Å². The van der Waals surface area contributed by atoms with Crippen LogP contribution in [0.4, 0.5) is 9.59 Å². The van der Waals surface area contributed by atoms with E-state index in [4.69, 9.17) is 9.57 Å². The summed E-state index contributed by atoms with van der Waals surface area (Å²) in [6.45, 7) is 6.95. The van der Waals surface area contributed by atoms with E-state index in [0.29, 0.717) is 26.2 Å². The minimum atomic E-state index is -0.543. The van der Waals surface area contributed by atoms with Gasteiger partial charge in [-0.05, 0) is 33.6 Å². The first-order chi connectivity index (χ1) is 11.8. The molecule has 1 aliphatic carbocycles. The van der Waals surface area contributed by atoms with Gasteiger partial charge in [-0.25, -0.2) is 14.4 Å². The quantitative estimate of drug-likeness (QED) is 0.729. The van der Waals surface area contributed by atoms with Gasteiger partial charge in [0, 0.05) is 26.2 Å². The predicted octanol–water partition coefficient (Wildman–Crippen LogP) is 2.29. The van der Waals surface area contributed by atoms with Crippen molar-refractivity contribution in [1.82, 2.24) is 15.3 Å². The molecule has 2 aliphatic rings. The number of nitrogens with one attached hydrogen (secondary N) is 1. The second-order valence-corrected chi connectivity index (χ2v) is 7.62. The van der Waals surface area contributed by atoms with Crippen LogP contribution in [0.25, 0.3) is 0 Å². The van der Waals surface area contributed by atoms with Gasteiger partial charge in [0.25, 0.3) is 0 Å². The second-order valence-electron chi connectivity index (χ2n) is 7.62. The van der Waals surface area contributed by atoms with Crippen LogP contribution in [0.2, 0.25) is 0 Å². The molecule has 2 fully saturated rings. The van der Waals surface area contributed by atoms with Crippen molar-refractivity contribution >= 4 is 18.1 Å². The smallest absolute Gasteiger partial charge is 0.410 e. The van der Waals surface area contributed by atoms with Crippen molar-refractivity contribution in [1.29, 1.82) is 0 Å². The fourth-order valence-corrected chi connectivity index (χ4v) is 3.00. The van der Waals surface area contributed by atoms with Crippen LogP contribution in [-0.4, -0.2) is 59.7 Å². The molecule has 0 aromatic rings. The lowest BCUT2D eigenvalue weighted by atomic mass is 9.89. The summed E-state index contributed by atoms with van der Waals surface area (Å²) < 4.78 is 5.32. The van der Waals surface area contributed by atoms with Crippen LogP contribution in [0.3, 0.4) is 0 Å². The minimum Gasteiger partial charge on any atom is -0.444 e. The van der Waals surface area contributed by atoms with Crippen molar-refractivity contribution in [2.75, 3.05) is 26.2 Å². The van der Waals surface area contributed by atoms with E-state index in [0.717, 1.165) is 32.1 Å². The zero-order valence-electron chi connectivity index (χ0n) is 15.4. The number of hydroxylamine groups is 1. The third kappa shape index (κ3) is 6.10. The Balaban J connectivity index is 1.70. The lowest BCUT2D eigenvalue weighted by Crippen LogP contribution is -2.54. The highest BCUT2D eigenvalue weighted by Crippen LogP contribution is 2.24. The highest BCUT2D eigenvalue weighted by atomic mass is 16.7. The zero-order valence-corrected chi connectivity index (χ0v) is 15.4. The number of carbonyl (C=O) groups excluding carboxylic acids is 3. The van der Waals surface area contributed by atoms with Crippen molar-refractivity contribution in [2.45, 2.75) is 58.5 Å². The summed E-state index contributed by atoms with van der Waals surface area (Å²) in [7, 11) is 0. The topological polar surface area (TPSA) is 88.2 Å². The maximum absolute atomic E-state index is 12.1. The predicted molar refractivity (Wildman–Crippen MR) is 90.6 cm³/mol. The van der Waals surface area contributed by atoms with Gasteiger partial charge in [0.05, 0.1) is 5.92 Å². The van der Waals surface area contributed by atoms with Gasteiger partial charge in [-0.3, -0.25) is 0 Å². The Hall–Kier alpha value is -1.99. The third-order valence-electron chi connectivity index (χ3n) is 4.40. The van der Waals surface area contributed by atoms with Crippen LogP contribution in [-0.2, 0) is 14.4 Å². The molecule has 0 aromatic heterocycles. The summed E-state index contributed by atoms with van der Waals surface area (Å²) in [4.78, 5) is 44.1. The van der Waals surface area contributed by atoms with Gasteiger partial charge in [0.2, 0.25) is 0 Å². The largest absolute Gasteiger partial charge is 0.444 e. The van der Waals surface area contributed by atoms with Gasteiger partial charge in [-0.1, -0.05) is 19.3 Å². The molecule has 0 radical (unpaired) electrons. The molecule has 8 nitrogen and oxygen atoms in total. The molecule has 25 heavy (non-hydrogen) atoms. The summed E-state index contributed by atoms with van der Waals surface area (Å²) in [6, 6.07) is -0.451. The maximum Gasteiger partial charge on any atom is 0.410 e. The molecule has 1 saturated carbocycles. The van der Waals surface area contributed by atoms with Gasteiger partial charge in [0.15, 0.2) is 0 Å². The average Bonchev–Trinajstić information content (AvgIpc) is 2.58. The molecule has 0 atom stereocenters. The van der Waals surface area contributed by atoms with Crippen molar-refractivity contribution in [3.05, 3.63) is 0 Å². The Kier molecular flexibility index (Phi) is 6.50. The molecular weight excluding hydrogens is 326 g/mol.